The van der Waals surface area contributed by atoms with E-state index in [2.05, 4.69) is 20.6 Å². The lowest BCUT2D eigenvalue weighted by Gasteiger charge is -2.21. The predicted octanol–water partition coefficient (Wildman–Crippen LogP) is 2.64. The normalized spacial score (nSPS) is 12.9. The monoisotopic (exact) mass is 421 g/mol. The summed E-state index contributed by atoms with van der Waals surface area (Å²) in [7, 11) is 0. The van der Waals surface area contributed by atoms with Crippen molar-refractivity contribution in [2.24, 2.45) is 11.7 Å². The predicted molar refractivity (Wildman–Crippen MR) is 119 cm³/mol. The molecule has 1 unspecified atom stereocenters. The number of ether oxygens (including phenoxy) is 1. The molecule has 0 bridgehead atoms. The summed E-state index contributed by atoms with van der Waals surface area (Å²) in [6, 6.07) is 16.0. The highest BCUT2D eigenvalue weighted by atomic mass is 16.5. The molecule has 0 fully saturated rings. The van der Waals surface area contributed by atoms with Crippen LogP contribution in [0.3, 0.4) is 0 Å². The first-order valence-corrected chi connectivity index (χ1v) is 10.2. The van der Waals surface area contributed by atoms with E-state index in [-0.39, 0.29) is 18.4 Å². The Kier molecular flexibility index (Phi) is 7.02. The second-order valence-corrected chi connectivity index (χ2v) is 7.56. The quantitative estimate of drug-likeness (QED) is 0.489. The van der Waals surface area contributed by atoms with Crippen LogP contribution in [0.2, 0.25) is 0 Å². The van der Waals surface area contributed by atoms with Gasteiger partial charge >= 0.3 is 0 Å². The van der Waals surface area contributed by atoms with E-state index in [0.717, 1.165) is 5.39 Å². The number of benzene rings is 2. The number of fused-ring (bicyclic) bond motifs is 1. The molecule has 1 aromatic heterocycles. The number of hydrogen-bond donors (Lipinski definition) is 3. The number of nitrogens with one attached hydrogen (secondary N) is 2. The second-order valence-electron chi connectivity index (χ2n) is 7.56. The van der Waals surface area contributed by atoms with Crippen molar-refractivity contribution in [2.75, 3.05) is 5.32 Å². The van der Waals surface area contributed by atoms with E-state index in [1.54, 1.807) is 19.1 Å². The Morgan fingerprint density at radius 2 is 1.68 bits per heavy atom. The number of aromatic nitrogens is 2. The van der Waals surface area contributed by atoms with Crippen LogP contribution in [0.15, 0.2) is 54.6 Å². The van der Waals surface area contributed by atoms with Crippen molar-refractivity contribution >= 4 is 28.5 Å². The molecule has 3 rings (SSSR count). The smallest absolute Gasteiger partial charge is 0.261 e. The van der Waals surface area contributed by atoms with Crippen molar-refractivity contribution in [1.82, 2.24) is 15.3 Å². The van der Waals surface area contributed by atoms with Gasteiger partial charge in [0.15, 0.2) is 11.9 Å². The van der Waals surface area contributed by atoms with Crippen molar-refractivity contribution in [2.45, 2.75) is 39.5 Å². The van der Waals surface area contributed by atoms with Gasteiger partial charge in [-0.25, -0.2) is 9.97 Å². The summed E-state index contributed by atoms with van der Waals surface area (Å²) in [5.74, 6) is 0.760. The number of nitrogens with zero attached hydrogens (tertiary/aromatic N) is 2. The maximum atomic E-state index is 12.5. The van der Waals surface area contributed by atoms with Gasteiger partial charge in [-0.1, -0.05) is 44.2 Å². The maximum Gasteiger partial charge on any atom is 0.261 e. The Labute approximate surface area is 181 Å². The fourth-order valence-corrected chi connectivity index (χ4v) is 3.09. The van der Waals surface area contributed by atoms with Gasteiger partial charge < -0.3 is 21.1 Å². The summed E-state index contributed by atoms with van der Waals surface area (Å²) in [5, 5.41) is 6.71. The van der Waals surface area contributed by atoms with E-state index < -0.39 is 18.1 Å². The summed E-state index contributed by atoms with van der Waals surface area (Å²) >= 11 is 0. The van der Waals surface area contributed by atoms with E-state index in [1.165, 1.54) is 0 Å². The third-order valence-corrected chi connectivity index (χ3v) is 4.76. The highest BCUT2D eigenvalue weighted by molar-refractivity contribution is 5.92. The zero-order chi connectivity index (χ0) is 22.4. The summed E-state index contributed by atoms with van der Waals surface area (Å²) in [5.41, 5.74) is 6.25. The number of hydrogen-bond acceptors (Lipinski definition) is 6. The molecular formula is C23H27N5O3. The van der Waals surface area contributed by atoms with Gasteiger partial charge in [0.05, 0.1) is 12.1 Å². The molecule has 2 atom stereocenters. The molecule has 0 saturated heterocycles. The van der Waals surface area contributed by atoms with Crippen LogP contribution >= 0.6 is 0 Å². The molecule has 0 radical (unpaired) electrons. The molecule has 0 spiro atoms. The first-order chi connectivity index (χ1) is 14.8. The lowest BCUT2D eigenvalue weighted by molar-refractivity contribution is -0.127. The van der Waals surface area contributed by atoms with Gasteiger partial charge in [-0.2, -0.15) is 0 Å². The molecular weight excluding hydrogens is 394 g/mol. The molecule has 8 heteroatoms. The fourth-order valence-electron chi connectivity index (χ4n) is 3.09. The number of nitrogens with two attached hydrogens (primary N) is 1. The largest absolute Gasteiger partial charge is 0.481 e. The highest BCUT2D eigenvalue weighted by Gasteiger charge is 2.21. The van der Waals surface area contributed by atoms with Crippen LogP contribution in [0, 0.1) is 5.92 Å². The van der Waals surface area contributed by atoms with E-state index in [4.69, 9.17) is 10.5 Å². The summed E-state index contributed by atoms with van der Waals surface area (Å²) in [6.07, 6.45) is -0.680. The van der Waals surface area contributed by atoms with Crippen molar-refractivity contribution in [3.63, 3.8) is 0 Å². The Balaban J connectivity index is 1.76. The minimum atomic E-state index is -0.680. The average Bonchev–Trinajstić information content (AvgIpc) is 2.75. The van der Waals surface area contributed by atoms with Crippen molar-refractivity contribution in [1.29, 1.82) is 0 Å². The first kappa shape index (κ1) is 22.0. The molecule has 2 aromatic carbocycles. The number of carbonyl (C=O) groups is 2. The fraction of sp³-hybridized carbons (Fsp3) is 0.304. The molecule has 1 heterocycles. The lowest BCUT2D eigenvalue weighted by Crippen LogP contribution is -2.40. The maximum absolute atomic E-state index is 12.5. The zero-order valence-electron chi connectivity index (χ0n) is 17.8. The van der Waals surface area contributed by atoms with Gasteiger partial charge in [-0.3, -0.25) is 9.59 Å². The molecule has 0 aliphatic carbocycles. The molecule has 4 N–H and O–H groups in total. The number of primary amides is 1. The van der Waals surface area contributed by atoms with Gasteiger partial charge in [0.1, 0.15) is 17.6 Å². The van der Waals surface area contributed by atoms with Crippen molar-refractivity contribution < 1.29 is 14.3 Å². The molecule has 31 heavy (non-hydrogen) atoms. The molecule has 2 amide bonds. The van der Waals surface area contributed by atoms with Crippen LogP contribution in [-0.4, -0.2) is 33.9 Å². The number of anilines is 1. The summed E-state index contributed by atoms with van der Waals surface area (Å²) < 4.78 is 5.65. The molecule has 8 nitrogen and oxygen atoms in total. The van der Waals surface area contributed by atoms with E-state index >= 15 is 0 Å². The zero-order valence-corrected chi connectivity index (χ0v) is 17.8. The highest BCUT2D eigenvalue weighted by Crippen LogP contribution is 2.22. The molecule has 0 aliphatic rings. The number of carbonyl (C=O) groups excluding carboxylic acids is 2. The van der Waals surface area contributed by atoms with Crippen LogP contribution < -0.4 is 21.1 Å². The Morgan fingerprint density at radius 3 is 2.35 bits per heavy atom. The minimum absolute atomic E-state index is 0.0228. The van der Waals surface area contributed by atoms with Crippen molar-refractivity contribution in [3.05, 3.63) is 60.4 Å². The third kappa shape index (κ3) is 5.69. The molecule has 162 valence electrons. The standard InChI is InChI=1S/C23H27N5O3/c1-14(2)20(21(24)29)28-22-17-11-7-8-12-18(17)26-19(27-22)13-25-23(30)15(3)31-16-9-5-4-6-10-16/h4-12,14-15,20H,13H2,1-3H3,(H2,24,29)(H,25,30)(H,26,27,28)/t15?,20-/m0/s1. The number of amides is 2. The van der Waals surface area contributed by atoms with E-state index in [9.17, 15) is 9.59 Å². The Hall–Kier alpha value is -3.68. The van der Waals surface area contributed by atoms with Gasteiger partial charge in [-0.15, -0.1) is 0 Å². The third-order valence-electron chi connectivity index (χ3n) is 4.76. The minimum Gasteiger partial charge on any atom is -0.481 e. The van der Waals surface area contributed by atoms with Crippen LogP contribution in [-0.2, 0) is 16.1 Å². The Bertz CT molecular complexity index is 1060. The van der Waals surface area contributed by atoms with E-state index in [1.807, 2.05) is 56.3 Å². The Morgan fingerprint density at radius 1 is 1.00 bits per heavy atom. The van der Waals surface area contributed by atoms with E-state index in [0.29, 0.717) is 22.9 Å². The summed E-state index contributed by atoms with van der Waals surface area (Å²) in [6.45, 7) is 5.60. The molecule has 0 saturated carbocycles. The average molecular weight is 422 g/mol. The van der Waals surface area contributed by atoms with Crippen LogP contribution in [0.25, 0.3) is 10.9 Å². The lowest BCUT2D eigenvalue weighted by atomic mass is 10.0. The van der Waals surface area contributed by atoms with Gasteiger partial charge in [-0.05, 0) is 37.1 Å². The molecule has 0 aliphatic heterocycles. The van der Waals surface area contributed by atoms with Crippen molar-refractivity contribution in [3.8, 4) is 5.75 Å². The number of para-hydroxylation sites is 2. The van der Waals surface area contributed by atoms with Crippen LogP contribution in [0.4, 0.5) is 5.82 Å². The van der Waals surface area contributed by atoms with Crippen LogP contribution in [0.1, 0.15) is 26.6 Å². The molecule has 3 aromatic rings. The topological polar surface area (TPSA) is 119 Å². The summed E-state index contributed by atoms with van der Waals surface area (Å²) in [4.78, 5) is 33.4. The van der Waals surface area contributed by atoms with Gasteiger partial charge in [0.2, 0.25) is 5.91 Å². The second kappa shape index (κ2) is 9.88. The van der Waals surface area contributed by atoms with Gasteiger partial charge in [0.25, 0.3) is 5.91 Å². The van der Waals surface area contributed by atoms with Gasteiger partial charge in [0, 0.05) is 5.39 Å². The number of rotatable bonds is 9. The first-order valence-electron chi connectivity index (χ1n) is 10.2. The SMILES string of the molecule is CC(Oc1ccccc1)C(=O)NCc1nc(N[C@H](C(N)=O)C(C)C)c2ccccc2n1. The van der Waals surface area contributed by atoms with Crippen LogP contribution in [0.5, 0.6) is 5.75 Å².